The standard InChI is InChI=1S/C18H13F2NO/c1-22-12-10-17(13-6-2-4-8-15(13)19)21-18(11-12)14-7-3-5-9-16(14)20/h2-11H,1H3. The van der Waals surface area contributed by atoms with Crippen LogP contribution in [0.3, 0.4) is 0 Å². The van der Waals surface area contributed by atoms with E-state index in [0.717, 1.165) is 0 Å². The number of methoxy groups -OCH3 is 1. The third-order valence-corrected chi connectivity index (χ3v) is 3.33. The van der Waals surface area contributed by atoms with Crippen LogP contribution < -0.4 is 4.74 Å². The van der Waals surface area contributed by atoms with Crippen LogP contribution in [0.1, 0.15) is 0 Å². The minimum atomic E-state index is -0.386. The fraction of sp³-hybridized carbons (Fsp3) is 0.0556. The molecule has 4 heteroatoms. The molecule has 110 valence electrons. The van der Waals surface area contributed by atoms with Gasteiger partial charge in [-0.25, -0.2) is 13.8 Å². The van der Waals surface area contributed by atoms with E-state index in [0.29, 0.717) is 28.3 Å². The topological polar surface area (TPSA) is 22.1 Å². The van der Waals surface area contributed by atoms with Gasteiger partial charge in [0.15, 0.2) is 0 Å². The van der Waals surface area contributed by atoms with Crippen molar-refractivity contribution in [2.75, 3.05) is 7.11 Å². The Morgan fingerprint density at radius 2 is 1.23 bits per heavy atom. The van der Waals surface area contributed by atoms with Crippen molar-refractivity contribution in [3.05, 3.63) is 72.3 Å². The molecular formula is C18H13F2NO. The van der Waals surface area contributed by atoms with Crippen molar-refractivity contribution >= 4 is 0 Å². The molecule has 3 rings (SSSR count). The van der Waals surface area contributed by atoms with Crippen LogP contribution in [0.2, 0.25) is 0 Å². The van der Waals surface area contributed by atoms with Gasteiger partial charge in [-0.2, -0.15) is 0 Å². The summed E-state index contributed by atoms with van der Waals surface area (Å²) in [5, 5.41) is 0. The highest BCUT2D eigenvalue weighted by molar-refractivity contribution is 5.69. The maximum absolute atomic E-state index is 14.0. The van der Waals surface area contributed by atoms with Crippen LogP contribution in [0.25, 0.3) is 22.5 Å². The third kappa shape index (κ3) is 2.68. The largest absolute Gasteiger partial charge is 0.497 e. The molecule has 0 saturated carbocycles. The number of benzene rings is 2. The fourth-order valence-electron chi connectivity index (χ4n) is 2.24. The predicted molar refractivity (Wildman–Crippen MR) is 81.6 cm³/mol. The van der Waals surface area contributed by atoms with Crippen molar-refractivity contribution in [3.63, 3.8) is 0 Å². The van der Waals surface area contributed by atoms with E-state index in [4.69, 9.17) is 4.74 Å². The Hall–Kier alpha value is -2.75. The number of rotatable bonds is 3. The number of pyridine rings is 1. The average Bonchev–Trinajstić information content (AvgIpc) is 2.55. The molecule has 0 spiro atoms. The Kier molecular flexibility index (Phi) is 3.83. The van der Waals surface area contributed by atoms with E-state index >= 15 is 0 Å². The predicted octanol–water partition coefficient (Wildman–Crippen LogP) is 4.70. The Balaban J connectivity index is 2.20. The molecule has 0 aliphatic heterocycles. The number of aromatic nitrogens is 1. The Morgan fingerprint density at radius 1 is 0.773 bits per heavy atom. The van der Waals surface area contributed by atoms with Gasteiger partial charge < -0.3 is 4.74 Å². The molecule has 2 aromatic carbocycles. The molecule has 0 aliphatic rings. The number of halogens is 2. The first-order valence-corrected chi connectivity index (χ1v) is 6.75. The highest BCUT2D eigenvalue weighted by Gasteiger charge is 2.12. The van der Waals surface area contributed by atoms with Crippen LogP contribution in [0.15, 0.2) is 60.7 Å². The summed E-state index contributed by atoms with van der Waals surface area (Å²) >= 11 is 0. The van der Waals surface area contributed by atoms with Crippen molar-refractivity contribution in [3.8, 4) is 28.3 Å². The van der Waals surface area contributed by atoms with Crippen LogP contribution in [0.4, 0.5) is 8.78 Å². The lowest BCUT2D eigenvalue weighted by atomic mass is 10.1. The SMILES string of the molecule is COc1cc(-c2ccccc2F)nc(-c2ccccc2F)c1. The minimum absolute atomic E-state index is 0.346. The van der Waals surface area contributed by atoms with Crippen LogP contribution in [0.5, 0.6) is 5.75 Å². The number of hydrogen-bond donors (Lipinski definition) is 0. The van der Waals surface area contributed by atoms with E-state index in [1.807, 2.05) is 0 Å². The van der Waals surface area contributed by atoms with Gasteiger partial charge in [-0.3, -0.25) is 0 Å². The van der Waals surface area contributed by atoms with Gasteiger partial charge >= 0.3 is 0 Å². The van der Waals surface area contributed by atoms with E-state index < -0.39 is 0 Å². The second-order valence-corrected chi connectivity index (χ2v) is 4.74. The summed E-state index contributed by atoms with van der Waals surface area (Å²) < 4.78 is 33.2. The first-order chi connectivity index (χ1) is 10.7. The quantitative estimate of drug-likeness (QED) is 0.699. The lowest BCUT2D eigenvalue weighted by Crippen LogP contribution is -1.95. The molecule has 0 aliphatic carbocycles. The minimum Gasteiger partial charge on any atom is -0.497 e. The van der Waals surface area contributed by atoms with Crippen molar-refractivity contribution in [1.82, 2.24) is 4.98 Å². The Labute approximate surface area is 127 Å². The molecule has 1 aromatic heterocycles. The zero-order valence-electron chi connectivity index (χ0n) is 11.9. The van der Waals surface area contributed by atoms with E-state index in [9.17, 15) is 8.78 Å². The Bertz CT molecular complexity index is 754. The van der Waals surface area contributed by atoms with Crippen molar-refractivity contribution in [1.29, 1.82) is 0 Å². The summed E-state index contributed by atoms with van der Waals surface area (Å²) in [6.07, 6.45) is 0. The molecule has 0 atom stereocenters. The third-order valence-electron chi connectivity index (χ3n) is 3.33. The second kappa shape index (κ2) is 5.93. The molecule has 1 heterocycles. The van der Waals surface area contributed by atoms with Crippen LogP contribution >= 0.6 is 0 Å². The Morgan fingerprint density at radius 3 is 1.64 bits per heavy atom. The molecule has 2 nitrogen and oxygen atoms in total. The summed E-state index contributed by atoms with van der Waals surface area (Å²) in [6.45, 7) is 0. The van der Waals surface area contributed by atoms with E-state index in [2.05, 4.69) is 4.98 Å². The van der Waals surface area contributed by atoms with E-state index in [1.165, 1.54) is 19.2 Å². The normalized spacial score (nSPS) is 10.5. The van der Waals surface area contributed by atoms with Crippen LogP contribution in [0, 0.1) is 11.6 Å². The van der Waals surface area contributed by atoms with Crippen molar-refractivity contribution < 1.29 is 13.5 Å². The molecule has 0 fully saturated rings. The maximum Gasteiger partial charge on any atom is 0.132 e. The smallest absolute Gasteiger partial charge is 0.132 e. The highest BCUT2D eigenvalue weighted by Crippen LogP contribution is 2.30. The molecule has 0 radical (unpaired) electrons. The van der Waals surface area contributed by atoms with Gasteiger partial charge in [0.2, 0.25) is 0 Å². The van der Waals surface area contributed by atoms with Gasteiger partial charge in [-0.15, -0.1) is 0 Å². The molecule has 0 unspecified atom stereocenters. The van der Waals surface area contributed by atoms with Gasteiger partial charge in [0, 0.05) is 23.3 Å². The summed E-state index contributed by atoms with van der Waals surface area (Å²) in [4.78, 5) is 4.38. The van der Waals surface area contributed by atoms with Crippen LogP contribution in [-0.2, 0) is 0 Å². The van der Waals surface area contributed by atoms with Gasteiger partial charge in [-0.1, -0.05) is 24.3 Å². The molecule has 0 amide bonds. The first kappa shape index (κ1) is 14.2. The lowest BCUT2D eigenvalue weighted by molar-refractivity contribution is 0.414. The highest BCUT2D eigenvalue weighted by atomic mass is 19.1. The summed E-state index contributed by atoms with van der Waals surface area (Å²) in [5.41, 5.74) is 1.49. The molecule has 0 N–H and O–H groups in total. The fourth-order valence-corrected chi connectivity index (χ4v) is 2.24. The van der Waals surface area contributed by atoms with Gasteiger partial charge in [-0.05, 0) is 24.3 Å². The molecule has 22 heavy (non-hydrogen) atoms. The van der Waals surface area contributed by atoms with Gasteiger partial charge in [0.25, 0.3) is 0 Å². The van der Waals surface area contributed by atoms with Gasteiger partial charge in [0.05, 0.1) is 18.5 Å². The number of hydrogen-bond acceptors (Lipinski definition) is 2. The zero-order valence-corrected chi connectivity index (χ0v) is 11.9. The molecule has 0 saturated heterocycles. The van der Waals surface area contributed by atoms with Crippen molar-refractivity contribution in [2.45, 2.75) is 0 Å². The number of ether oxygens (including phenoxy) is 1. The summed E-state index contributed by atoms with van der Waals surface area (Å²) in [7, 11) is 1.51. The average molecular weight is 297 g/mol. The van der Waals surface area contributed by atoms with Crippen molar-refractivity contribution in [2.24, 2.45) is 0 Å². The maximum atomic E-state index is 14.0. The summed E-state index contributed by atoms with van der Waals surface area (Å²) in [6, 6.07) is 15.9. The monoisotopic (exact) mass is 297 g/mol. The van der Waals surface area contributed by atoms with E-state index in [-0.39, 0.29) is 11.6 Å². The van der Waals surface area contributed by atoms with Crippen LogP contribution in [-0.4, -0.2) is 12.1 Å². The molecule has 0 bridgehead atoms. The molecular weight excluding hydrogens is 284 g/mol. The van der Waals surface area contributed by atoms with Gasteiger partial charge in [0.1, 0.15) is 17.4 Å². The lowest BCUT2D eigenvalue weighted by Gasteiger charge is -2.10. The summed E-state index contributed by atoms with van der Waals surface area (Å²) in [5.74, 6) is -0.281. The van der Waals surface area contributed by atoms with E-state index in [1.54, 1.807) is 48.5 Å². The zero-order chi connectivity index (χ0) is 15.5. The number of nitrogens with zero attached hydrogens (tertiary/aromatic N) is 1. The first-order valence-electron chi connectivity index (χ1n) is 6.75. The second-order valence-electron chi connectivity index (χ2n) is 4.74. The molecule has 3 aromatic rings.